The molecule has 156 valence electrons. The number of piperidine rings is 1. The second kappa shape index (κ2) is 9.52. The van der Waals surface area contributed by atoms with Crippen molar-refractivity contribution in [1.82, 2.24) is 10.3 Å². The number of alkyl halides is 3. The number of nitrogens with one attached hydrogen (secondary N) is 1. The van der Waals surface area contributed by atoms with Gasteiger partial charge in [-0.1, -0.05) is 17.7 Å². The molecular formula is C21H24F3N3OS. The highest BCUT2D eigenvalue weighted by Gasteiger charge is 2.31. The third-order valence-corrected chi connectivity index (χ3v) is 5.97. The van der Waals surface area contributed by atoms with Crippen molar-refractivity contribution >= 4 is 23.5 Å². The molecule has 1 aliphatic rings. The minimum Gasteiger partial charge on any atom is -0.357 e. The highest BCUT2D eigenvalue weighted by Crippen LogP contribution is 2.30. The summed E-state index contributed by atoms with van der Waals surface area (Å²) in [5.41, 5.74) is 0.472. The van der Waals surface area contributed by atoms with Crippen LogP contribution in [0.2, 0.25) is 0 Å². The number of hydrogen-bond donors (Lipinski definition) is 1. The lowest BCUT2D eigenvalue weighted by atomic mass is 9.96. The maximum atomic E-state index is 12.6. The quantitative estimate of drug-likeness (QED) is 0.548. The fourth-order valence-electron chi connectivity index (χ4n) is 3.23. The lowest BCUT2D eigenvalue weighted by Crippen LogP contribution is -2.41. The number of rotatable bonds is 6. The van der Waals surface area contributed by atoms with Crippen LogP contribution in [0.3, 0.4) is 0 Å². The first kappa shape index (κ1) is 21.5. The molecule has 0 unspecified atom stereocenters. The van der Waals surface area contributed by atoms with E-state index in [2.05, 4.69) is 34.6 Å². The zero-order valence-electron chi connectivity index (χ0n) is 16.2. The Morgan fingerprint density at radius 2 is 1.86 bits per heavy atom. The summed E-state index contributed by atoms with van der Waals surface area (Å²) in [7, 11) is 0. The normalized spacial score (nSPS) is 15.4. The monoisotopic (exact) mass is 423 g/mol. The summed E-state index contributed by atoms with van der Waals surface area (Å²) >= 11 is 1.71. The molecule has 1 aliphatic heterocycles. The zero-order chi connectivity index (χ0) is 20.9. The molecule has 3 rings (SSSR count). The van der Waals surface area contributed by atoms with Gasteiger partial charge in [0.25, 0.3) is 0 Å². The second-order valence-corrected chi connectivity index (χ2v) is 8.29. The van der Waals surface area contributed by atoms with Gasteiger partial charge in [-0.05, 0) is 44.0 Å². The second-order valence-electron chi connectivity index (χ2n) is 7.12. The summed E-state index contributed by atoms with van der Waals surface area (Å²) in [6.07, 6.45) is -2.19. The maximum Gasteiger partial charge on any atom is 0.417 e. The van der Waals surface area contributed by atoms with Gasteiger partial charge >= 0.3 is 6.18 Å². The molecule has 0 bridgehead atoms. The van der Waals surface area contributed by atoms with Crippen LogP contribution >= 0.6 is 11.8 Å². The predicted molar refractivity (Wildman–Crippen MR) is 109 cm³/mol. The largest absolute Gasteiger partial charge is 0.417 e. The van der Waals surface area contributed by atoms with E-state index in [1.807, 2.05) is 11.8 Å². The number of pyridine rings is 1. The Hall–Kier alpha value is -2.22. The van der Waals surface area contributed by atoms with E-state index in [1.54, 1.807) is 11.8 Å². The van der Waals surface area contributed by atoms with Gasteiger partial charge in [0.1, 0.15) is 5.82 Å². The van der Waals surface area contributed by atoms with Crippen molar-refractivity contribution in [2.75, 3.05) is 30.3 Å². The average Bonchev–Trinajstić information content (AvgIpc) is 2.72. The number of carbonyl (C=O) groups excluding carboxylic acids is 1. The molecule has 0 atom stereocenters. The van der Waals surface area contributed by atoms with E-state index in [-0.39, 0.29) is 11.8 Å². The van der Waals surface area contributed by atoms with Crippen LogP contribution in [0, 0.1) is 12.8 Å². The summed E-state index contributed by atoms with van der Waals surface area (Å²) in [4.78, 5) is 19.4. The van der Waals surface area contributed by atoms with E-state index in [9.17, 15) is 18.0 Å². The number of benzene rings is 1. The molecule has 1 amide bonds. The summed E-state index contributed by atoms with van der Waals surface area (Å²) < 4.78 is 37.9. The molecular weight excluding hydrogens is 399 g/mol. The summed E-state index contributed by atoms with van der Waals surface area (Å²) in [5, 5.41) is 2.99. The molecule has 8 heteroatoms. The van der Waals surface area contributed by atoms with E-state index in [0.29, 0.717) is 38.3 Å². The van der Waals surface area contributed by atoms with Gasteiger partial charge in [-0.3, -0.25) is 4.79 Å². The molecule has 29 heavy (non-hydrogen) atoms. The Labute approximate surface area is 172 Å². The first-order valence-electron chi connectivity index (χ1n) is 9.58. The number of aryl methyl sites for hydroxylation is 1. The fraction of sp³-hybridized carbons (Fsp3) is 0.429. The van der Waals surface area contributed by atoms with Crippen LogP contribution in [0.15, 0.2) is 47.5 Å². The summed E-state index contributed by atoms with van der Waals surface area (Å²) in [5.74, 6) is 1.31. The smallest absolute Gasteiger partial charge is 0.357 e. The first-order chi connectivity index (χ1) is 13.8. The lowest BCUT2D eigenvalue weighted by molar-refractivity contribution is -0.137. The van der Waals surface area contributed by atoms with Crippen molar-refractivity contribution in [2.45, 2.75) is 30.8 Å². The van der Waals surface area contributed by atoms with E-state index in [0.717, 1.165) is 18.0 Å². The third kappa shape index (κ3) is 6.13. The number of thioether (sulfide) groups is 1. The number of hydrogen-bond acceptors (Lipinski definition) is 4. The minimum atomic E-state index is -4.38. The topological polar surface area (TPSA) is 45.2 Å². The maximum absolute atomic E-state index is 12.6. The molecule has 2 heterocycles. The lowest BCUT2D eigenvalue weighted by Gasteiger charge is -2.32. The number of carbonyl (C=O) groups is 1. The molecule has 1 aromatic heterocycles. The van der Waals surface area contributed by atoms with Crippen molar-refractivity contribution in [1.29, 1.82) is 0 Å². The van der Waals surface area contributed by atoms with Crippen LogP contribution in [0.5, 0.6) is 0 Å². The zero-order valence-corrected chi connectivity index (χ0v) is 17.0. The molecule has 4 nitrogen and oxygen atoms in total. The minimum absolute atomic E-state index is 0.0505. The molecule has 0 radical (unpaired) electrons. The molecule has 1 N–H and O–H groups in total. The fourth-order valence-corrected chi connectivity index (χ4v) is 4.00. The van der Waals surface area contributed by atoms with Crippen molar-refractivity contribution < 1.29 is 18.0 Å². The Morgan fingerprint density at radius 3 is 2.45 bits per heavy atom. The van der Waals surface area contributed by atoms with Crippen molar-refractivity contribution in [2.24, 2.45) is 5.92 Å². The number of nitrogens with zero attached hydrogens (tertiary/aromatic N) is 2. The van der Waals surface area contributed by atoms with Gasteiger partial charge in [0.05, 0.1) is 5.56 Å². The Balaban J connectivity index is 1.39. The molecule has 1 aromatic carbocycles. The Kier molecular flexibility index (Phi) is 7.05. The highest BCUT2D eigenvalue weighted by molar-refractivity contribution is 7.99. The van der Waals surface area contributed by atoms with E-state index in [1.165, 1.54) is 16.5 Å². The molecule has 1 saturated heterocycles. The highest BCUT2D eigenvalue weighted by atomic mass is 32.2. The van der Waals surface area contributed by atoms with E-state index < -0.39 is 11.7 Å². The van der Waals surface area contributed by atoms with Gasteiger partial charge < -0.3 is 10.2 Å². The molecule has 0 aliphatic carbocycles. The summed E-state index contributed by atoms with van der Waals surface area (Å²) in [6, 6.07) is 10.7. The number of anilines is 1. The number of halogens is 3. The van der Waals surface area contributed by atoms with Crippen LogP contribution in [0.25, 0.3) is 0 Å². The van der Waals surface area contributed by atoms with Crippen molar-refractivity contribution in [3.05, 3.63) is 53.7 Å². The van der Waals surface area contributed by atoms with Gasteiger partial charge in [-0.25, -0.2) is 4.98 Å². The van der Waals surface area contributed by atoms with Gasteiger partial charge in [-0.2, -0.15) is 13.2 Å². The SMILES string of the molecule is Cc1ccc(SCCNC(=O)C2CCN(c3ccc(C(F)(F)F)cn3)CC2)cc1. The van der Waals surface area contributed by atoms with Gasteiger partial charge in [0.15, 0.2) is 0 Å². The van der Waals surface area contributed by atoms with Crippen LogP contribution in [-0.4, -0.2) is 36.3 Å². The van der Waals surface area contributed by atoms with Gasteiger partial charge in [0, 0.05) is 42.4 Å². The van der Waals surface area contributed by atoms with Gasteiger partial charge in [0.2, 0.25) is 5.91 Å². The molecule has 0 spiro atoms. The van der Waals surface area contributed by atoms with E-state index >= 15 is 0 Å². The van der Waals surface area contributed by atoms with Crippen molar-refractivity contribution in [3.8, 4) is 0 Å². The molecule has 0 saturated carbocycles. The predicted octanol–water partition coefficient (Wildman–Crippen LogP) is 4.53. The van der Waals surface area contributed by atoms with Crippen LogP contribution < -0.4 is 10.2 Å². The van der Waals surface area contributed by atoms with Crippen LogP contribution in [0.4, 0.5) is 19.0 Å². The number of aromatic nitrogens is 1. The van der Waals surface area contributed by atoms with Crippen LogP contribution in [0.1, 0.15) is 24.0 Å². The standard InChI is InChI=1S/C21H24F3N3OS/c1-15-2-5-18(6-3-15)29-13-10-25-20(28)16-8-11-27(12-9-16)19-7-4-17(14-26-19)21(22,23)24/h2-7,14,16H,8-13H2,1H3,(H,25,28). The van der Waals surface area contributed by atoms with Gasteiger partial charge in [-0.15, -0.1) is 11.8 Å². The molecule has 1 fully saturated rings. The third-order valence-electron chi connectivity index (χ3n) is 4.96. The summed E-state index contributed by atoms with van der Waals surface area (Å²) in [6.45, 7) is 3.87. The Bertz CT molecular complexity index is 801. The average molecular weight is 424 g/mol. The Morgan fingerprint density at radius 1 is 1.17 bits per heavy atom. The van der Waals surface area contributed by atoms with Crippen molar-refractivity contribution in [3.63, 3.8) is 0 Å². The van der Waals surface area contributed by atoms with Crippen LogP contribution in [-0.2, 0) is 11.0 Å². The molecule has 2 aromatic rings. The number of amides is 1. The first-order valence-corrected chi connectivity index (χ1v) is 10.6. The van der Waals surface area contributed by atoms with E-state index in [4.69, 9.17) is 0 Å².